The summed E-state index contributed by atoms with van der Waals surface area (Å²) in [4.78, 5) is 20.3. The Balaban J connectivity index is 1.73. The maximum atomic E-state index is 11.9. The van der Waals surface area contributed by atoms with Crippen LogP contribution in [-0.2, 0) is 11.8 Å². The second-order valence-corrected chi connectivity index (χ2v) is 6.84. The molecule has 1 N–H and O–H groups in total. The fourth-order valence-electron chi connectivity index (χ4n) is 2.34. The fraction of sp³-hybridized carbons (Fsp3) is 0.263. The first-order valence-electron chi connectivity index (χ1n) is 8.38. The standard InChI is InChI=1S/C19H21N5O3/c1-19(2,3)27-18(25)23-13-6-5-7-14(10-13)26-17-11-15(20-12-21-17)16-8-9-22-24(16)4/h5-12H,1-4H3,(H,23,25). The van der Waals surface area contributed by atoms with Crippen molar-refractivity contribution in [3.63, 3.8) is 0 Å². The van der Waals surface area contributed by atoms with Crippen LogP contribution < -0.4 is 10.1 Å². The first-order chi connectivity index (χ1) is 12.8. The van der Waals surface area contributed by atoms with E-state index in [-0.39, 0.29) is 0 Å². The molecule has 0 aliphatic carbocycles. The van der Waals surface area contributed by atoms with Gasteiger partial charge < -0.3 is 9.47 Å². The number of anilines is 1. The number of aromatic nitrogens is 4. The molecule has 27 heavy (non-hydrogen) atoms. The van der Waals surface area contributed by atoms with Gasteiger partial charge in [0.1, 0.15) is 17.7 Å². The Morgan fingerprint density at radius 1 is 1.15 bits per heavy atom. The predicted octanol–water partition coefficient (Wildman–Crippen LogP) is 4.02. The molecule has 8 heteroatoms. The lowest BCUT2D eigenvalue weighted by atomic mass is 10.2. The quantitative estimate of drug-likeness (QED) is 0.749. The predicted molar refractivity (Wildman–Crippen MR) is 101 cm³/mol. The number of aryl methyl sites for hydroxylation is 1. The summed E-state index contributed by atoms with van der Waals surface area (Å²) in [6.07, 6.45) is 2.60. The summed E-state index contributed by atoms with van der Waals surface area (Å²) in [6.45, 7) is 5.42. The molecule has 0 saturated heterocycles. The van der Waals surface area contributed by atoms with Crippen LogP contribution in [0, 0.1) is 0 Å². The van der Waals surface area contributed by atoms with Crippen molar-refractivity contribution >= 4 is 11.8 Å². The number of ether oxygens (including phenoxy) is 2. The highest BCUT2D eigenvalue weighted by Gasteiger charge is 2.16. The van der Waals surface area contributed by atoms with Crippen LogP contribution in [0.1, 0.15) is 20.8 Å². The van der Waals surface area contributed by atoms with Gasteiger partial charge in [0, 0.05) is 31.1 Å². The number of rotatable bonds is 4. The van der Waals surface area contributed by atoms with Crippen LogP contribution in [0.15, 0.2) is 48.9 Å². The van der Waals surface area contributed by atoms with E-state index < -0.39 is 11.7 Å². The summed E-state index contributed by atoms with van der Waals surface area (Å²) in [5.74, 6) is 0.911. The molecule has 1 amide bonds. The van der Waals surface area contributed by atoms with Gasteiger partial charge in [-0.2, -0.15) is 5.10 Å². The monoisotopic (exact) mass is 367 g/mol. The van der Waals surface area contributed by atoms with Gasteiger partial charge in [-0.3, -0.25) is 10.00 Å². The minimum atomic E-state index is -0.568. The van der Waals surface area contributed by atoms with Gasteiger partial charge in [0.2, 0.25) is 5.88 Å². The number of carbonyl (C=O) groups excluding carboxylic acids is 1. The second-order valence-electron chi connectivity index (χ2n) is 6.84. The Hall–Kier alpha value is -3.42. The smallest absolute Gasteiger partial charge is 0.412 e. The summed E-state index contributed by atoms with van der Waals surface area (Å²) in [7, 11) is 1.84. The number of amides is 1. The highest BCUT2D eigenvalue weighted by molar-refractivity contribution is 5.85. The van der Waals surface area contributed by atoms with E-state index in [1.807, 2.05) is 13.1 Å². The molecule has 0 spiro atoms. The summed E-state index contributed by atoms with van der Waals surface area (Å²) in [5, 5.41) is 6.81. The van der Waals surface area contributed by atoms with Crippen LogP contribution >= 0.6 is 0 Å². The minimum Gasteiger partial charge on any atom is -0.444 e. The molecule has 8 nitrogen and oxygen atoms in total. The summed E-state index contributed by atoms with van der Waals surface area (Å²) in [5.41, 5.74) is 1.54. The van der Waals surface area contributed by atoms with Gasteiger partial charge in [0.15, 0.2) is 0 Å². The Labute approximate surface area is 157 Å². The Kier molecular flexibility index (Phi) is 5.07. The first-order valence-corrected chi connectivity index (χ1v) is 8.38. The van der Waals surface area contributed by atoms with Gasteiger partial charge in [-0.15, -0.1) is 0 Å². The van der Waals surface area contributed by atoms with Crippen LogP contribution in [0.4, 0.5) is 10.5 Å². The zero-order chi connectivity index (χ0) is 19.4. The van der Waals surface area contributed by atoms with E-state index in [0.717, 1.165) is 5.69 Å². The van der Waals surface area contributed by atoms with Gasteiger partial charge >= 0.3 is 6.09 Å². The third kappa shape index (κ3) is 5.04. The van der Waals surface area contributed by atoms with Crippen LogP contribution in [0.25, 0.3) is 11.4 Å². The highest BCUT2D eigenvalue weighted by Crippen LogP contribution is 2.25. The topological polar surface area (TPSA) is 91.2 Å². The van der Waals surface area contributed by atoms with Gasteiger partial charge in [-0.25, -0.2) is 14.8 Å². The lowest BCUT2D eigenvalue weighted by Gasteiger charge is -2.19. The van der Waals surface area contributed by atoms with Crippen LogP contribution in [0.5, 0.6) is 11.6 Å². The van der Waals surface area contributed by atoms with Crippen molar-refractivity contribution in [1.29, 1.82) is 0 Å². The molecule has 0 fully saturated rings. The second kappa shape index (κ2) is 7.45. The lowest BCUT2D eigenvalue weighted by Crippen LogP contribution is -2.27. The van der Waals surface area contributed by atoms with Crippen LogP contribution in [0.2, 0.25) is 0 Å². The van der Waals surface area contributed by atoms with Crippen molar-refractivity contribution in [2.24, 2.45) is 7.05 Å². The van der Waals surface area contributed by atoms with Gasteiger partial charge in [-0.05, 0) is 39.0 Å². The molecule has 140 valence electrons. The molecular formula is C19H21N5O3. The normalized spacial score (nSPS) is 11.1. The van der Waals surface area contributed by atoms with Crippen molar-refractivity contribution in [1.82, 2.24) is 19.7 Å². The number of nitrogens with zero attached hydrogens (tertiary/aromatic N) is 4. The SMILES string of the molecule is Cn1nccc1-c1cc(Oc2cccc(NC(=O)OC(C)(C)C)c2)ncn1. The van der Waals surface area contributed by atoms with E-state index in [2.05, 4.69) is 20.4 Å². The minimum absolute atomic E-state index is 0.385. The van der Waals surface area contributed by atoms with Gasteiger partial charge in [0.25, 0.3) is 0 Å². The molecule has 0 unspecified atom stereocenters. The molecule has 0 atom stereocenters. The first kappa shape index (κ1) is 18.4. The summed E-state index contributed by atoms with van der Waals surface area (Å²) >= 11 is 0. The van der Waals surface area contributed by atoms with Crippen molar-refractivity contribution in [2.75, 3.05) is 5.32 Å². The summed E-state index contributed by atoms with van der Waals surface area (Å²) < 4.78 is 12.8. The van der Waals surface area contributed by atoms with Crippen molar-refractivity contribution in [3.05, 3.63) is 48.9 Å². The molecule has 3 aromatic rings. The van der Waals surface area contributed by atoms with E-state index >= 15 is 0 Å². The van der Waals surface area contributed by atoms with Crippen molar-refractivity contribution in [2.45, 2.75) is 26.4 Å². The average Bonchev–Trinajstić information content (AvgIpc) is 2.99. The number of hydrogen-bond acceptors (Lipinski definition) is 6. The number of hydrogen-bond donors (Lipinski definition) is 1. The maximum absolute atomic E-state index is 11.9. The molecule has 3 rings (SSSR count). The van der Waals surface area contributed by atoms with Gasteiger partial charge in [0.05, 0.1) is 11.4 Å². The molecule has 1 aromatic carbocycles. The molecule has 0 saturated carbocycles. The van der Waals surface area contributed by atoms with E-state index in [1.54, 1.807) is 62.0 Å². The fourth-order valence-corrected chi connectivity index (χ4v) is 2.34. The lowest BCUT2D eigenvalue weighted by molar-refractivity contribution is 0.0636. The largest absolute Gasteiger partial charge is 0.444 e. The highest BCUT2D eigenvalue weighted by atomic mass is 16.6. The molecule has 0 aliphatic heterocycles. The third-order valence-corrected chi connectivity index (χ3v) is 3.43. The maximum Gasteiger partial charge on any atom is 0.412 e. The number of benzene rings is 1. The van der Waals surface area contributed by atoms with Crippen LogP contribution in [0.3, 0.4) is 0 Å². The third-order valence-electron chi connectivity index (χ3n) is 3.43. The number of carbonyl (C=O) groups is 1. The van der Waals surface area contributed by atoms with E-state index in [1.165, 1.54) is 6.33 Å². The zero-order valence-electron chi connectivity index (χ0n) is 15.6. The Bertz CT molecular complexity index is 946. The Morgan fingerprint density at radius 3 is 2.67 bits per heavy atom. The molecule has 2 aromatic heterocycles. The number of nitrogens with one attached hydrogen (secondary N) is 1. The molecule has 0 bridgehead atoms. The van der Waals surface area contributed by atoms with E-state index in [0.29, 0.717) is 23.0 Å². The average molecular weight is 367 g/mol. The van der Waals surface area contributed by atoms with Crippen molar-refractivity contribution < 1.29 is 14.3 Å². The summed E-state index contributed by atoms with van der Waals surface area (Å²) in [6, 6.07) is 10.6. The van der Waals surface area contributed by atoms with E-state index in [9.17, 15) is 4.79 Å². The molecular weight excluding hydrogens is 346 g/mol. The van der Waals surface area contributed by atoms with Crippen LogP contribution in [-0.4, -0.2) is 31.4 Å². The van der Waals surface area contributed by atoms with E-state index in [4.69, 9.17) is 9.47 Å². The Morgan fingerprint density at radius 2 is 1.96 bits per heavy atom. The molecule has 0 radical (unpaired) electrons. The molecule has 2 heterocycles. The van der Waals surface area contributed by atoms with Gasteiger partial charge in [-0.1, -0.05) is 6.07 Å². The van der Waals surface area contributed by atoms with Crippen molar-refractivity contribution in [3.8, 4) is 23.0 Å². The zero-order valence-corrected chi connectivity index (χ0v) is 15.6. The molecule has 0 aliphatic rings.